The third-order valence-electron chi connectivity index (χ3n) is 7.05. The van der Waals surface area contributed by atoms with Crippen molar-refractivity contribution in [1.82, 2.24) is 14.8 Å². The van der Waals surface area contributed by atoms with Crippen molar-refractivity contribution in [3.63, 3.8) is 0 Å². The number of allylic oxidation sites excluding steroid dienone is 2. The highest BCUT2D eigenvalue weighted by atomic mass is 16.2. The number of rotatable bonds is 3. The monoisotopic (exact) mass is 439 g/mol. The average Bonchev–Trinajstić information content (AvgIpc) is 3.38. The van der Waals surface area contributed by atoms with Crippen molar-refractivity contribution in [3.05, 3.63) is 83.4 Å². The van der Waals surface area contributed by atoms with Gasteiger partial charge in [0.25, 0.3) is 5.95 Å². The SMILES string of the molecule is Cc1ccc([C@@H]2C[C@H](c3ccccc3)n3nc(N4C(=O)[C@H]5CC=CC[C@H]5C4=O)nc3N2)cc1. The van der Waals surface area contributed by atoms with Gasteiger partial charge in [0.2, 0.25) is 17.8 Å². The number of anilines is 2. The summed E-state index contributed by atoms with van der Waals surface area (Å²) in [7, 11) is 0. The standard InChI is InChI=1S/C26H25N5O2/c1-16-11-13-17(14-12-16)21-15-22(18-7-3-2-4-8-18)31-25(27-21)28-26(29-31)30-23(32)19-9-5-6-10-20(19)24(30)33/h2-8,11-14,19-22H,9-10,15H2,1H3,(H,27,28,29)/t19-,20+,21-,22+/m0/s1. The number of imide groups is 1. The minimum Gasteiger partial charge on any atom is -0.347 e. The van der Waals surface area contributed by atoms with Gasteiger partial charge >= 0.3 is 0 Å². The number of amides is 2. The van der Waals surface area contributed by atoms with Gasteiger partial charge in [0.05, 0.1) is 23.9 Å². The maximum Gasteiger partial charge on any atom is 0.260 e. The number of nitrogens with zero attached hydrogens (tertiary/aromatic N) is 4. The summed E-state index contributed by atoms with van der Waals surface area (Å²) in [6.07, 6.45) is 5.95. The Morgan fingerprint density at radius 2 is 1.55 bits per heavy atom. The number of aromatic nitrogens is 3. The zero-order chi connectivity index (χ0) is 22.5. The number of carbonyl (C=O) groups excluding carboxylic acids is 2. The molecule has 1 N–H and O–H groups in total. The van der Waals surface area contributed by atoms with Crippen LogP contribution in [0.5, 0.6) is 0 Å². The van der Waals surface area contributed by atoms with Crippen LogP contribution in [0.2, 0.25) is 0 Å². The molecule has 1 aliphatic carbocycles. The van der Waals surface area contributed by atoms with Gasteiger partial charge in [-0.1, -0.05) is 72.3 Å². The van der Waals surface area contributed by atoms with Gasteiger partial charge in [-0.25, -0.2) is 9.58 Å². The minimum absolute atomic E-state index is 0.0390. The molecule has 3 aliphatic rings. The molecule has 0 unspecified atom stereocenters. The predicted octanol–water partition coefficient (Wildman–Crippen LogP) is 4.19. The highest BCUT2D eigenvalue weighted by Crippen LogP contribution is 2.41. The normalized spacial score (nSPS) is 26.2. The third-order valence-corrected chi connectivity index (χ3v) is 7.05. The summed E-state index contributed by atoms with van der Waals surface area (Å²) in [5.41, 5.74) is 3.50. The fourth-order valence-corrected chi connectivity index (χ4v) is 5.23. The van der Waals surface area contributed by atoms with E-state index in [2.05, 4.69) is 53.6 Å². The fraction of sp³-hybridized carbons (Fsp3) is 0.308. The molecule has 33 heavy (non-hydrogen) atoms. The molecule has 4 atom stereocenters. The van der Waals surface area contributed by atoms with Crippen molar-refractivity contribution < 1.29 is 9.59 Å². The molecule has 1 fully saturated rings. The second-order valence-corrected chi connectivity index (χ2v) is 9.12. The summed E-state index contributed by atoms with van der Waals surface area (Å²) in [6.45, 7) is 2.07. The Balaban J connectivity index is 1.40. The molecule has 7 nitrogen and oxygen atoms in total. The lowest BCUT2D eigenvalue weighted by Gasteiger charge is -2.31. The molecule has 0 saturated carbocycles. The molecular formula is C26H25N5O2. The summed E-state index contributed by atoms with van der Waals surface area (Å²) in [4.78, 5) is 32.1. The molecule has 166 valence electrons. The lowest BCUT2D eigenvalue weighted by molar-refractivity contribution is -0.122. The lowest BCUT2D eigenvalue weighted by Crippen LogP contribution is -2.32. The second-order valence-electron chi connectivity index (χ2n) is 9.12. The first-order valence-electron chi connectivity index (χ1n) is 11.5. The number of fused-ring (bicyclic) bond motifs is 2. The summed E-state index contributed by atoms with van der Waals surface area (Å²) in [5.74, 6) is -0.244. The van der Waals surface area contributed by atoms with E-state index < -0.39 is 0 Å². The summed E-state index contributed by atoms with van der Waals surface area (Å²) < 4.78 is 1.83. The lowest BCUT2D eigenvalue weighted by atomic mass is 9.85. The molecule has 2 aromatic carbocycles. The number of carbonyl (C=O) groups is 2. The van der Waals surface area contributed by atoms with Crippen LogP contribution in [0, 0.1) is 18.8 Å². The van der Waals surface area contributed by atoms with Gasteiger partial charge in [-0.15, -0.1) is 5.10 Å². The highest BCUT2D eigenvalue weighted by molar-refractivity contribution is 6.21. The average molecular weight is 440 g/mol. The van der Waals surface area contributed by atoms with Crippen LogP contribution in [0.1, 0.15) is 48.0 Å². The fourth-order valence-electron chi connectivity index (χ4n) is 5.23. The molecular weight excluding hydrogens is 414 g/mol. The van der Waals surface area contributed by atoms with E-state index in [0.717, 1.165) is 12.0 Å². The molecule has 2 aliphatic heterocycles. The first kappa shape index (κ1) is 19.9. The van der Waals surface area contributed by atoms with E-state index >= 15 is 0 Å². The quantitative estimate of drug-likeness (QED) is 0.489. The maximum atomic E-state index is 13.1. The van der Waals surface area contributed by atoms with Crippen molar-refractivity contribution >= 4 is 23.7 Å². The first-order chi connectivity index (χ1) is 16.1. The molecule has 0 spiro atoms. The Morgan fingerprint density at radius 1 is 0.879 bits per heavy atom. The van der Waals surface area contributed by atoms with Crippen LogP contribution >= 0.6 is 0 Å². The van der Waals surface area contributed by atoms with E-state index in [1.807, 2.05) is 35.0 Å². The maximum absolute atomic E-state index is 13.1. The first-order valence-corrected chi connectivity index (χ1v) is 11.5. The summed E-state index contributed by atoms with van der Waals surface area (Å²) >= 11 is 0. The summed E-state index contributed by atoms with van der Waals surface area (Å²) in [6, 6.07) is 18.6. The van der Waals surface area contributed by atoms with Gasteiger partial charge in [0.1, 0.15) is 0 Å². The molecule has 7 heteroatoms. The van der Waals surface area contributed by atoms with Crippen LogP contribution in [-0.4, -0.2) is 26.6 Å². The van der Waals surface area contributed by atoms with Gasteiger partial charge < -0.3 is 5.32 Å². The molecule has 0 bridgehead atoms. The van der Waals surface area contributed by atoms with Crippen molar-refractivity contribution in [2.45, 2.75) is 38.3 Å². The molecule has 2 amide bonds. The van der Waals surface area contributed by atoms with Crippen molar-refractivity contribution in [1.29, 1.82) is 0 Å². The van der Waals surface area contributed by atoms with Crippen molar-refractivity contribution in [2.75, 3.05) is 10.2 Å². The van der Waals surface area contributed by atoms with E-state index in [-0.39, 0.29) is 41.7 Å². The Morgan fingerprint density at radius 3 is 2.21 bits per heavy atom. The van der Waals surface area contributed by atoms with Crippen LogP contribution in [0.25, 0.3) is 0 Å². The molecule has 3 aromatic rings. The molecule has 0 radical (unpaired) electrons. The van der Waals surface area contributed by atoms with Crippen LogP contribution in [0.3, 0.4) is 0 Å². The van der Waals surface area contributed by atoms with Gasteiger partial charge in [-0.2, -0.15) is 4.98 Å². The molecule has 1 saturated heterocycles. The second kappa shape index (κ2) is 7.69. The van der Waals surface area contributed by atoms with E-state index in [0.29, 0.717) is 18.8 Å². The van der Waals surface area contributed by atoms with E-state index in [9.17, 15) is 9.59 Å². The third kappa shape index (κ3) is 3.26. The number of hydrogen-bond acceptors (Lipinski definition) is 5. The minimum atomic E-state index is -0.304. The Labute approximate surface area is 192 Å². The largest absolute Gasteiger partial charge is 0.347 e. The molecule has 3 heterocycles. The summed E-state index contributed by atoms with van der Waals surface area (Å²) in [5, 5.41) is 8.19. The van der Waals surface area contributed by atoms with Crippen LogP contribution in [0.15, 0.2) is 66.7 Å². The van der Waals surface area contributed by atoms with Crippen LogP contribution in [0.4, 0.5) is 11.9 Å². The van der Waals surface area contributed by atoms with Crippen LogP contribution in [-0.2, 0) is 9.59 Å². The molecule has 1 aromatic heterocycles. The highest BCUT2D eigenvalue weighted by Gasteiger charge is 2.49. The Bertz CT molecular complexity index is 1220. The Hall–Kier alpha value is -3.74. The van der Waals surface area contributed by atoms with Gasteiger partial charge in [0, 0.05) is 0 Å². The van der Waals surface area contributed by atoms with Crippen molar-refractivity contribution in [2.24, 2.45) is 11.8 Å². The predicted molar refractivity (Wildman–Crippen MR) is 125 cm³/mol. The zero-order valence-corrected chi connectivity index (χ0v) is 18.4. The Kier molecular flexibility index (Phi) is 4.64. The zero-order valence-electron chi connectivity index (χ0n) is 18.4. The smallest absolute Gasteiger partial charge is 0.260 e. The van der Waals surface area contributed by atoms with Gasteiger partial charge in [-0.3, -0.25) is 9.59 Å². The van der Waals surface area contributed by atoms with Crippen molar-refractivity contribution in [3.8, 4) is 0 Å². The van der Waals surface area contributed by atoms with Gasteiger partial charge in [0.15, 0.2) is 0 Å². The van der Waals surface area contributed by atoms with E-state index in [1.54, 1.807) is 0 Å². The van der Waals surface area contributed by atoms with E-state index in [4.69, 9.17) is 5.10 Å². The number of benzene rings is 2. The topological polar surface area (TPSA) is 80.1 Å². The molecule has 6 rings (SSSR count). The van der Waals surface area contributed by atoms with Gasteiger partial charge in [-0.05, 0) is 37.3 Å². The number of nitrogens with one attached hydrogen (secondary N) is 1. The van der Waals surface area contributed by atoms with Crippen LogP contribution < -0.4 is 10.2 Å². The van der Waals surface area contributed by atoms with E-state index in [1.165, 1.54) is 16.0 Å². The number of hydrogen-bond donors (Lipinski definition) is 1. The number of aryl methyl sites for hydroxylation is 1.